The van der Waals surface area contributed by atoms with Gasteiger partial charge in [-0.2, -0.15) is 20.2 Å². The highest BCUT2D eigenvalue weighted by atomic mass is 16.6. The van der Waals surface area contributed by atoms with E-state index in [1.165, 1.54) is 65.1 Å². The first-order valence-corrected chi connectivity index (χ1v) is 12.9. The number of methoxy groups -OCH3 is 4. The molecular weight excluding hydrogens is 590 g/mol. The van der Waals surface area contributed by atoms with Crippen LogP contribution >= 0.6 is 0 Å². The minimum absolute atomic E-state index is 0.00916. The van der Waals surface area contributed by atoms with Crippen molar-refractivity contribution in [3.8, 4) is 23.0 Å². The third-order valence-electron chi connectivity index (χ3n) is 5.98. The fraction of sp³-hybridized carbons (Fsp3) is 0.143. The Hall–Kier alpha value is -6.52. The number of rotatable bonds is 14. The van der Waals surface area contributed by atoms with Gasteiger partial charge in [0.25, 0.3) is 11.4 Å². The molecule has 0 fully saturated rings. The van der Waals surface area contributed by atoms with Gasteiger partial charge in [0.05, 0.1) is 74.0 Å². The predicted octanol–water partition coefficient (Wildman–Crippen LogP) is 4.96. The monoisotopic (exact) mass is 617 g/mol. The molecule has 0 unspecified atom stereocenters. The maximum absolute atomic E-state index is 11.6. The summed E-state index contributed by atoms with van der Waals surface area (Å²) in [5.41, 5.74) is 5.85. The Morgan fingerprint density at radius 2 is 1.13 bits per heavy atom. The van der Waals surface area contributed by atoms with Crippen LogP contribution in [0.5, 0.6) is 23.0 Å². The smallest absolute Gasteiger partial charge is 0.282 e. The zero-order valence-electron chi connectivity index (χ0n) is 24.4. The zero-order chi connectivity index (χ0) is 32.3. The Balaban J connectivity index is 1.64. The average molecular weight is 618 g/mol. The van der Waals surface area contributed by atoms with E-state index >= 15 is 0 Å². The minimum Gasteiger partial charge on any atom is -0.493 e. The molecule has 45 heavy (non-hydrogen) atoms. The van der Waals surface area contributed by atoms with Gasteiger partial charge in [-0.3, -0.25) is 25.7 Å². The van der Waals surface area contributed by atoms with E-state index in [2.05, 4.69) is 36.3 Å². The lowest BCUT2D eigenvalue weighted by Gasteiger charge is -2.10. The highest BCUT2D eigenvalue weighted by molar-refractivity contribution is 5.88. The Kier molecular flexibility index (Phi) is 10.2. The summed E-state index contributed by atoms with van der Waals surface area (Å²) in [7, 11) is 5.56. The molecule has 0 saturated carbocycles. The van der Waals surface area contributed by atoms with Gasteiger partial charge in [0.1, 0.15) is 5.82 Å². The molecule has 4 aromatic rings. The quantitative estimate of drug-likeness (QED) is 0.0971. The number of hydrazone groups is 2. The molecule has 0 aliphatic heterocycles. The first kappa shape index (κ1) is 31.4. The van der Waals surface area contributed by atoms with Crippen molar-refractivity contribution in [2.24, 2.45) is 10.2 Å². The summed E-state index contributed by atoms with van der Waals surface area (Å²) in [6.07, 6.45) is 2.44. The van der Waals surface area contributed by atoms with E-state index in [9.17, 15) is 20.2 Å². The molecule has 1 heterocycles. The molecule has 0 aliphatic carbocycles. The number of anilines is 4. The molecule has 4 rings (SSSR count). The molecule has 1 aromatic heterocycles. The van der Waals surface area contributed by atoms with Gasteiger partial charge in [0.2, 0.25) is 5.95 Å². The van der Waals surface area contributed by atoms with E-state index in [1.54, 1.807) is 6.07 Å². The second kappa shape index (κ2) is 14.6. The Morgan fingerprint density at radius 3 is 1.62 bits per heavy atom. The van der Waals surface area contributed by atoms with Crippen LogP contribution in [0.25, 0.3) is 0 Å². The van der Waals surface area contributed by atoms with Crippen LogP contribution in [-0.2, 0) is 0 Å². The van der Waals surface area contributed by atoms with Gasteiger partial charge in [-0.15, -0.1) is 0 Å². The van der Waals surface area contributed by atoms with Crippen molar-refractivity contribution in [2.45, 2.75) is 0 Å². The number of ether oxygens (including phenoxy) is 4. The van der Waals surface area contributed by atoms with E-state index in [1.807, 2.05) is 30.3 Å². The van der Waals surface area contributed by atoms with E-state index in [-0.39, 0.29) is 57.3 Å². The SMILES string of the molecule is COc1cc(C=NNc2cc(Nc3ccccc3)nc(NN=Cc3cc(OC)c(OC)cc3[N+](=O)[O-])n2)c([N+](=O)[O-])cc1OC. The summed E-state index contributed by atoms with van der Waals surface area (Å²) in [4.78, 5) is 30.8. The number of nitrogens with zero attached hydrogens (tertiary/aromatic N) is 6. The highest BCUT2D eigenvalue weighted by Crippen LogP contribution is 2.35. The number of benzene rings is 3. The molecule has 0 aliphatic rings. The lowest BCUT2D eigenvalue weighted by Crippen LogP contribution is -2.05. The van der Waals surface area contributed by atoms with Crippen LogP contribution in [0.1, 0.15) is 11.1 Å². The molecule has 0 atom stereocenters. The Morgan fingerprint density at radius 1 is 0.667 bits per heavy atom. The molecule has 17 nitrogen and oxygen atoms in total. The Labute approximate surface area is 255 Å². The fourth-order valence-corrected chi connectivity index (χ4v) is 3.91. The number of hydrogen-bond donors (Lipinski definition) is 3. The number of nitro groups is 2. The predicted molar refractivity (Wildman–Crippen MR) is 167 cm³/mol. The van der Waals surface area contributed by atoms with Crippen LogP contribution < -0.4 is 35.1 Å². The first-order valence-electron chi connectivity index (χ1n) is 12.9. The molecule has 0 spiro atoms. The van der Waals surface area contributed by atoms with Crippen LogP contribution in [0.3, 0.4) is 0 Å². The van der Waals surface area contributed by atoms with Crippen LogP contribution in [0.15, 0.2) is 70.9 Å². The summed E-state index contributed by atoms with van der Waals surface area (Å²) in [6.45, 7) is 0. The van der Waals surface area contributed by atoms with Crippen molar-refractivity contribution >= 4 is 47.1 Å². The molecule has 0 saturated heterocycles. The molecular formula is C28H27N9O8. The van der Waals surface area contributed by atoms with Crippen molar-refractivity contribution in [2.75, 3.05) is 44.6 Å². The topological polar surface area (TPSA) is 210 Å². The van der Waals surface area contributed by atoms with Gasteiger partial charge in [0, 0.05) is 11.8 Å². The number of hydrogen-bond acceptors (Lipinski definition) is 15. The molecule has 0 bridgehead atoms. The van der Waals surface area contributed by atoms with Crippen molar-refractivity contribution in [3.63, 3.8) is 0 Å². The standard InChI is InChI=1S/C28H27N9O8/c1-42-22-10-17(20(36(38)39)12-24(22)44-3)15-29-34-27-14-26(31-19-8-6-5-7-9-19)32-28(33-27)35-30-16-18-11-23(43-2)25(45-4)13-21(18)37(40)41/h5-16H,1-4H3,(H3,31,32,33,34,35). The Bertz CT molecular complexity index is 1650. The summed E-state index contributed by atoms with van der Waals surface area (Å²) >= 11 is 0. The van der Waals surface area contributed by atoms with E-state index < -0.39 is 9.85 Å². The number of nitrogens with one attached hydrogen (secondary N) is 3. The maximum Gasteiger partial charge on any atom is 0.282 e. The van der Waals surface area contributed by atoms with Gasteiger partial charge in [-0.05, 0) is 24.3 Å². The van der Waals surface area contributed by atoms with Crippen molar-refractivity contribution < 1.29 is 28.8 Å². The van der Waals surface area contributed by atoms with E-state index in [4.69, 9.17) is 18.9 Å². The normalized spacial score (nSPS) is 10.8. The third kappa shape index (κ3) is 7.86. The number of nitro benzene ring substituents is 2. The van der Waals surface area contributed by atoms with Crippen molar-refractivity contribution in [1.82, 2.24) is 9.97 Å². The van der Waals surface area contributed by atoms with E-state index in [0.29, 0.717) is 5.82 Å². The molecule has 232 valence electrons. The molecule has 3 N–H and O–H groups in total. The molecule has 0 amide bonds. The van der Waals surface area contributed by atoms with Crippen molar-refractivity contribution in [1.29, 1.82) is 0 Å². The van der Waals surface area contributed by atoms with Crippen LogP contribution in [0.4, 0.5) is 34.6 Å². The van der Waals surface area contributed by atoms with Gasteiger partial charge in [-0.25, -0.2) is 5.43 Å². The lowest BCUT2D eigenvalue weighted by molar-refractivity contribution is -0.385. The third-order valence-corrected chi connectivity index (χ3v) is 5.98. The minimum atomic E-state index is -0.576. The fourth-order valence-electron chi connectivity index (χ4n) is 3.91. The van der Waals surface area contributed by atoms with Crippen LogP contribution in [0.2, 0.25) is 0 Å². The summed E-state index contributed by atoms with van der Waals surface area (Å²) in [6, 6.07) is 16.0. The van der Waals surface area contributed by atoms with Crippen LogP contribution in [-0.4, -0.2) is 60.7 Å². The van der Waals surface area contributed by atoms with Crippen molar-refractivity contribution in [3.05, 3.63) is 92.0 Å². The number of aromatic nitrogens is 2. The highest BCUT2D eigenvalue weighted by Gasteiger charge is 2.19. The molecule has 3 aromatic carbocycles. The van der Waals surface area contributed by atoms with Crippen LogP contribution in [0, 0.1) is 20.2 Å². The van der Waals surface area contributed by atoms with Gasteiger partial charge < -0.3 is 24.3 Å². The molecule has 17 heteroatoms. The van der Waals surface area contributed by atoms with Gasteiger partial charge in [0.15, 0.2) is 28.8 Å². The molecule has 0 radical (unpaired) electrons. The summed E-state index contributed by atoms with van der Waals surface area (Å²) in [5.74, 6) is 1.43. The second-order valence-electron chi connectivity index (χ2n) is 8.74. The van der Waals surface area contributed by atoms with Gasteiger partial charge >= 0.3 is 0 Å². The summed E-state index contributed by atoms with van der Waals surface area (Å²) < 4.78 is 20.8. The lowest BCUT2D eigenvalue weighted by atomic mass is 10.1. The second-order valence-corrected chi connectivity index (χ2v) is 8.74. The van der Waals surface area contributed by atoms with E-state index in [0.717, 1.165) is 5.69 Å². The largest absolute Gasteiger partial charge is 0.493 e. The zero-order valence-corrected chi connectivity index (χ0v) is 24.4. The number of para-hydroxylation sites is 1. The summed E-state index contributed by atoms with van der Waals surface area (Å²) in [5, 5.41) is 34.6. The first-order chi connectivity index (χ1) is 21.8. The average Bonchev–Trinajstić information content (AvgIpc) is 3.04. The maximum atomic E-state index is 11.6. The van der Waals surface area contributed by atoms with Gasteiger partial charge in [-0.1, -0.05) is 18.2 Å².